The minimum absolute atomic E-state index is 0.200. The molecule has 0 aliphatic carbocycles. The number of ketones is 1. The highest BCUT2D eigenvalue weighted by molar-refractivity contribution is 6.33. The standard InChI is InChI=1S/C18H25NO3/c1-18(2,15-10-12-19-13-11-15)22-17(21)16(20)9-8-14-6-4-3-5-7-14/h3-7,15,19H,8-13H2,1-2H3. The number of benzene rings is 1. The van der Waals surface area contributed by atoms with Crippen molar-refractivity contribution in [3.8, 4) is 0 Å². The van der Waals surface area contributed by atoms with Crippen LogP contribution in [0.2, 0.25) is 0 Å². The molecule has 1 fully saturated rings. The number of nitrogens with one attached hydrogen (secondary N) is 1. The topological polar surface area (TPSA) is 55.4 Å². The van der Waals surface area contributed by atoms with Crippen LogP contribution >= 0.6 is 0 Å². The molecule has 0 atom stereocenters. The summed E-state index contributed by atoms with van der Waals surface area (Å²) in [6.07, 6.45) is 2.71. The number of carbonyl (C=O) groups is 2. The molecule has 0 amide bonds. The predicted molar refractivity (Wildman–Crippen MR) is 85.5 cm³/mol. The molecule has 120 valence electrons. The van der Waals surface area contributed by atoms with Gasteiger partial charge in [-0.1, -0.05) is 30.3 Å². The first-order valence-electron chi connectivity index (χ1n) is 8.00. The lowest BCUT2D eigenvalue weighted by molar-refractivity contribution is -0.168. The lowest BCUT2D eigenvalue weighted by atomic mass is 9.83. The maximum absolute atomic E-state index is 12.0. The molecule has 4 heteroatoms. The van der Waals surface area contributed by atoms with Crippen molar-refractivity contribution < 1.29 is 14.3 Å². The third kappa shape index (κ3) is 4.67. The highest BCUT2D eigenvalue weighted by Crippen LogP contribution is 2.29. The Bertz CT molecular complexity index is 504. The largest absolute Gasteiger partial charge is 0.454 e. The van der Waals surface area contributed by atoms with Crippen LogP contribution in [0.25, 0.3) is 0 Å². The summed E-state index contributed by atoms with van der Waals surface area (Å²) in [7, 11) is 0. The van der Waals surface area contributed by atoms with Crippen LogP contribution in [-0.2, 0) is 20.7 Å². The quantitative estimate of drug-likeness (QED) is 0.648. The van der Waals surface area contributed by atoms with Gasteiger partial charge in [0.1, 0.15) is 5.60 Å². The Balaban J connectivity index is 1.83. The Kier molecular flexibility index (Phi) is 5.72. The van der Waals surface area contributed by atoms with Crippen molar-refractivity contribution in [1.29, 1.82) is 0 Å². The van der Waals surface area contributed by atoms with E-state index in [2.05, 4.69) is 5.32 Å². The van der Waals surface area contributed by atoms with Crippen molar-refractivity contribution in [2.24, 2.45) is 5.92 Å². The van der Waals surface area contributed by atoms with E-state index in [-0.39, 0.29) is 6.42 Å². The Morgan fingerprint density at radius 3 is 2.45 bits per heavy atom. The molecule has 0 spiro atoms. The highest BCUT2D eigenvalue weighted by Gasteiger charge is 2.35. The number of aryl methyl sites for hydroxylation is 1. The van der Waals surface area contributed by atoms with Gasteiger partial charge in [-0.2, -0.15) is 0 Å². The molecule has 0 radical (unpaired) electrons. The number of piperidine rings is 1. The van der Waals surface area contributed by atoms with Gasteiger partial charge in [0, 0.05) is 12.3 Å². The summed E-state index contributed by atoms with van der Waals surface area (Å²) in [6.45, 7) is 5.69. The maximum atomic E-state index is 12.0. The zero-order chi connectivity index (χ0) is 16.0. The summed E-state index contributed by atoms with van der Waals surface area (Å²) in [6, 6.07) is 9.70. The number of ether oxygens (including phenoxy) is 1. The van der Waals surface area contributed by atoms with Gasteiger partial charge in [0.15, 0.2) is 0 Å². The van der Waals surface area contributed by atoms with Crippen LogP contribution in [0.5, 0.6) is 0 Å². The van der Waals surface area contributed by atoms with E-state index in [9.17, 15) is 9.59 Å². The van der Waals surface area contributed by atoms with Gasteiger partial charge in [-0.05, 0) is 51.8 Å². The van der Waals surface area contributed by atoms with Crippen molar-refractivity contribution in [3.05, 3.63) is 35.9 Å². The van der Waals surface area contributed by atoms with Crippen LogP contribution in [-0.4, -0.2) is 30.4 Å². The molecular weight excluding hydrogens is 278 g/mol. The summed E-state index contributed by atoms with van der Waals surface area (Å²) >= 11 is 0. The lowest BCUT2D eigenvalue weighted by Gasteiger charge is -2.36. The van der Waals surface area contributed by atoms with Crippen LogP contribution in [0.1, 0.15) is 38.7 Å². The lowest BCUT2D eigenvalue weighted by Crippen LogP contribution is -2.43. The average Bonchev–Trinajstić information content (AvgIpc) is 2.54. The van der Waals surface area contributed by atoms with E-state index in [1.54, 1.807) is 0 Å². The molecule has 0 aromatic heterocycles. The fourth-order valence-electron chi connectivity index (χ4n) is 2.90. The average molecular weight is 303 g/mol. The van der Waals surface area contributed by atoms with Gasteiger partial charge in [0.05, 0.1) is 0 Å². The molecule has 4 nitrogen and oxygen atoms in total. The van der Waals surface area contributed by atoms with Gasteiger partial charge in [0.2, 0.25) is 5.78 Å². The number of esters is 1. The second-order valence-electron chi connectivity index (χ2n) is 6.43. The van der Waals surface area contributed by atoms with Crippen molar-refractivity contribution in [3.63, 3.8) is 0 Å². The van der Waals surface area contributed by atoms with Gasteiger partial charge in [0.25, 0.3) is 0 Å². The third-order valence-electron chi connectivity index (χ3n) is 4.39. The summed E-state index contributed by atoms with van der Waals surface area (Å²) in [5, 5.41) is 3.29. The Labute approximate surface area is 132 Å². The van der Waals surface area contributed by atoms with E-state index in [0.29, 0.717) is 12.3 Å². The highest BCUT2D eigenvalue weighted by atomic mass is 16.6. The number of rotatable bonds is 6. The maximum Gasteiger partial charge on any atom is 0.375 e. The fourth-order valence-corrected chi connectivity index (χ4v) is 2.90. The van der Waals surface area contributed by atoms with E-state index < -0.39 is 17.4 Å². The number of carbonyl (C=O) groups excluding carboxylic acids is 2. The molecule has 1 heterocycles. The first-order valence-corrected chi connectivity index (χ1v) is 8.00. The van der Waals surface area contributed by atoms with Gasteiger partial charge in [-0.3, -0.25) is 4.79 Å². The first kappa shape index (κ1) is 16.7. The molecule has 1 aromatic rings. The molecular formula is C18H25NO3. The number of hydrogen-bond donors (Lipinski definition) is 1. The SMILES string of the molecule is CC(C)(OC(=O)C(=O)CCc1ccccc1)C1CCNCC1. The van der Waals surface area contributed by atoms with Crippen molar-refractivity contribution in [2.45, 2.75) is 45.1 Å². The van der Waals surface area contributed by atoms with E-state index in [1.165, 1.54) is 0 Å². The summed E-state index contributed by atoms with van der Waals surface area (Å²) in [5.41, 5.74) is 0.475. The zero-order valence-electron chi connectivity index (χ0n) is 13.4. The molecule has 0 bridgehead atoms. The van der Waals surface area contributed by atoms with Crippen molar-refractivity contribution >= 4 is 11.8 Å². The Morgan fingerprint density at radius 2 is 1.82 bits per heavy atom. The van der Waals surface area contributed by atoms with E-state index in [4.69, 9.17) is 4.74 Å². The first-order chi connectivity index (χ1) is 10.5. The number of hydrogen-bond acceptors (Lipinski definition) is 4. The molecule has 0 unspecified atom stereocenters. The van der Waals surface area contributed by atoms with Crippen LogP contribution in [0.15, 0.2) is 30.3 Å². The van der Waals surface area contributed by atoms with E-state index >= 15 is 0 Å². The predicted octanol–water partition coefficient (Wildman–Crippen LogP) is 2.51. The minimum Gasteiger partial charge on any atom is -0.454 e. The van der Waals surface area contributed by atoms with Crippen LogP contribution < -0.4 is 5.32 Å². The molecule has 1 saturated heterocycles. The van der Waals surface area contributed by atoms with Crippen molar-refractivity contribution in [2.75, 3.05) is 13.1 Å². The van der Waals surface area contributed by atoms with Gasteiger partial charge in [-0.25, -0.2) is 4.79 Å². The minimum atomic E-state index is -0.695. The van der Waals surface area contributed by atoms with E-state index in [1.807, 2.05) is 44.2 Å². The van der Waals surface area contributed by atoms with Gasteiger partial charge in [-0.15, -0.1) is 0 Å². The molecule has 1 N–H and O–H groups in total. The zero-order valence-corrected chi connectivity index (χ0v) is 13.4. The van der Waals surface area contributed by atoms with Crippen LogP contribution in [0, 0.1) is 5.92 Å². The number of Topliss-reactive ketones (excluding diaryl/α,β-unsaturated/α-hetero) is 1. The summed E-state index contributed by atoms with van der Waals surface area (Å²) in [5.74, 6) is -0.829. The second kappa shape index (κ2) is 7.54. The van der Waals surface area contributed by atoms with Gasteiger partial charge < -0.3 is 10.1 Å². The molecule has 1 aromatic carbocycles. The molecule has 0 saturated carbocycles. The molecule has 1 aliphatic heterocycles. The summed E-state index contributed by atoms with van der Waals surface area (Å²) in [4.78, 5) is 24.0. The summed E-state index contributed by atoms with van der Waals surface area (Å²) < 4.78 is 5.51. The fraction of sp³-hybridized carbons (Fsp3) is 0.556. The Morgan fingerprint density at radius 1 is 1.18 bits per heavy atom. The monoisotopic (exact) mass is 303 g/mol. The smallest absolute Gasteiger partial charge is 0.375 e. The molecule has 22 heavy (non-hydrogen) atoms. The van der Waals surface area contributed by atoms with Crippen molar-refractivity contribution in [1.82, 2.24) is 5.32 Å². The molecule has 2 rings (SSSR count). The third-order valence-corrected chi connectivity index (χ3v) is 4.39. The van der Waals surface area contributed by atoms with Crippen LogP contribution in [0.3, 0.4) is 0 Å². The van der Waals surface area contributed by atoms with E-state index in [0.717, 1.165) is 31.5 Å². The van der Waals surface area contributed by atoms with Gasteiger partial charge >= 0.3 is 5.97 Å². The van der Waals surface area contributed by atoms with Crippen LogP contribution in [0.4, 0.5) is 0 Å². The normalized spacial score (nSPS) is 16.3. The molecule has 1 aliphatic rings. The second-order valence-corrected chi connectivity index (χ2v) is 6.43. The Hall–Kier alpha value is -1.68.